The first-order valence-electron chi connectivity index (χ1n) is 4.63. The smallest absolute Gasteiger partial charge is 0.257 e. The molecule has 0 aliphatic heterocycles. The molecule has 0 saturated heterocycles. The summed E-state index contributed by atoms with van der Waals surface area (Å²) in [5.74, 6) is -0.163. The summed E-state index contributed by atoms with van der Waals surface area (Å²) in [7, 11) is 0. The van der Waals surface area contributed by atoms with Crippen molar-refractivity contribution in [1.82, 2.24) is 10.1 Å². The third-order valence-electron chi connectivity index (χ3n) is 1.99. The van der Waals surface area contributed by atoms with E-state index in [1.807, 2.05) is 0 Å². The van der Waals surface area contributed by atoms with E-state index in [-0.39, 0.29) is 0 Å². The number of aliphatic hydroxyl groups excluding tert-OH is 1. The zero-order chi connectivity index (χ0) is 11.4. The van der Waals surface area contributed by atoms with E-state index < -0.39 is 12.4 Å². The van der Waals surface area contributed by atoms with Crippen LogP contribution in [0.3, 0.4) is 0 Å². The van der Waals surface area contributed by atoms with Gasteiger partial charge in [0.25, 0.3) is 5.89 Å². The van der Waals surface area contributed by atoms with Gasteiger partial charge in [0.1, 0.15) is 5.83 Å². The van der Waals surface area contributed by atoms with Crippen LogP contribution in [-0.2, 0) is 0 Å². The summed E-state index contributed by atoms with van der Waals surface area (Å²) in [4.78, 5) is 3.89. The molecule has 0 aliphatic rings. The first kappa shape index (κ1) is 10.5. The molecule has 82 valence electrons. The van der Waals surface area contributed by atoms with Crippen LogP contribution in [0.15, 0.2) is 40.9 Å². The van der Waals surface area contributed by atoms with E-state index in [1.165, 1.54) is 12.4 Å². The molecule has 0 fully saturated rings. The van der Waals surface area contributed by atoms with E-state index >= 15 is 0 Å². The van der Waals surface area contributed by atoms with Gasteiger partial charge < -0.3 is 9.63 Å². The van der Waals surface area contributed by atoms with E-state index in [0.29, 0.717) is 11.5 Å². The van der Waals surface area contributed by atoms with E-state index in [4.69, 9.17) is 9.63 Å². The van der Waals surface area contributed by atoms with Gasteiger partial charge in [-0.25, -0.2) is 4.39 Å². The van der Waals surface area contributed by atoms with Crippen LogP contribution in [0.1, 0.15) is 5.56 Å². The highest BCUT2D eigenvalue weighted by Crippen LogP contribution is 2.17. The second-order valence-electron chi connectivity index (χ2n) is 3.12. The van der Waals surface area contributed by atoms with Crippen molar-refractivity contribution in [3.05, 3.63) is 42.0 Å². The predicted molar refractivity (Wildman–Crippen MR) is 55.9 cm³/mol. The lowest BCUT2D eigenvalue weighted by atomic mass is 10.1. The van der Waals surface area contributed by atoms with E-state index in [2.05, 4.69) is 10.1 Å². The maximum atomic E-state index is 12.8. The molecule has 0 unspecified atom stereocenters. The summed E-state index contributed by atoms with van der Waals surface area (Å²) in [6.45, 7) is -0.592. The van der Waals surface area contributed by atoms with E-state index in [9.17, 15) is 4.39 Å². The maximum Gasteiger partial charge on any atom is 0.257 e. The Labute approximate surface area is 91.0 Å². The number of nitrogens with zero attached hydrogens (tertiary/aromatic N) is 2. The lowest BCUT2D eigenvalue weighted by Gasteiger charge is -1.96. The Hall–Kier alpha value is -2.01. The van der Waals surface area contributed by atoms with Crippen molar-refractivity contribution >= 4 is 6.08 Å². The molecule has 4 nitrogen and oxygen atoms in total. The fourth-order valence-electron chi connectivity index (χ4n) is 1.25. The lowest BCUT2D eigenvalue weighted by molar-refractivity contribution is 0.300. The summed E-state index contributed by atoms with van der Waals surface area (Å²) in [5, 5.41) is 12.0. The number of benzene rings is 1. The fourth-order valence-corrected chi connectivity index (χ4v) is 1.25. The summed E-state index contributed by atoms with van der Waals surface area (Å²) in [6, 6.07) is 6.89. The van der Waals surface area contributed by atoms with Gasteiger partial charge in [-0.2, -0.15) is 4.98 Å². The molecule has 1 heterocycles. The second kappa shape index (κ2) is 4.67. The molecule has 5 heteroatoms. The van der Waals surface area contributed by atoms with Crippen LogP contribution in [0.25, 0.3) is 17.5 Å². The molecule has 0 saturated carbocycles. The van der Waals surface area contributed by atoms with Crippen molar-refractivity contribution in [2.45, 2.75) is 0 Å². The fraction of sp³-hybridized carbons (Fsp3) is 0.0909. The SMILES string of the molecule is OC/C(F)=C\c1ccc(-c2ncno2)cc1. The van der Waals surface area contributed by atoms with Crippen LogP contribution in [0.2, 0.25) is 0 Å². The van der Waals surface area contributed by atoms with Crippen molar-refractivity contribution in [2.24, 2.45) is 0 Å². The van der Waals surface area contributed by atoms with Gasteiger partial charge in [0.15, 0.2) is 6.33 Å². The second-order valence-corrected chi connectivity index (χ2v) is 3.12. The topological polar surface area (TPSA) is 59.2 Å². The quantitative estimate of drug-likeness (QED) is 0.859. The Balaban J connectivity index is 2.23. The summed E-state index contributed by atoms with van der Waals surface area (Å²) < 4.78 is 17.6. The molecule has 1 aromatic heterocycles. The van der Waals surface area contributed by atoms with Crippen LogP contribution in [0, 0.1) is 0 Å². The van der Waals surface area contributed by atoms with Crippen molar-refractivity contribution in [1.29, 1.82) is 0 Å². The molecule has 1 aromatic carbocycles. The normalized spacial score (nSPS) is 11.8. The highest BCUT2D eigenvalue weighted by molar-refractivity contribution is 5.59. The van der Waals surface area contributed by atoms with E-state index in [0.717, 1.165) is 5.56 Å². The Kier molecular flexibility index (Phi) is 3.07. The average Bonchev–Trinajstić information content (AvgIpc) is 2.83. The first-order chi connectivity index (χ1) is 7.79. The highest BCUT2D eigenvalue weighted by atomic mass is 19.1. The molecule has 0 amide bonds. The Bertz CT molecular complexity index is 477. The van der Waals surface area contributed by atoms with Crippen molar-refractivity contribution in [3.63, 3.8) is 0 Å². The zero-order valence-electron chi connectivity index (χ0n) is 8.30. The summed E-state index contributed by atoms with van der Waals surface area (Å²) >= 11 is 0. The molecule has 1 N–H and O–H groups in total. The highest BCUT2D eigenvalue weighted by Gasteiger charge is 2.02. The van der Waals surface area contributed by atoms with Gasteiger partial charge in [0.05, 0.1) is 6.61 Å². The Morgan fingerprint density at radius 1 is 1.38 bits per heavy atom. The minimum absolute atomic E-state index is 0.415. The Morgan fingerprint density at radius 2 is 2.12 bits per heavy atom. The average molecular weight is 220 g/mol. The lowest BCUT2D eigenvalue weighted by Crippen LogP contribution is -1.83. The van der Waals surface area contributed by atoms with E-state index in [1.54, 1.807) is 24.3 Å². The first-order valence-corrected chi connectivity index (χ1v) is 4.63. The number of aromatic nitrogens is 2. The monoisotopic (exact) mass is 220 g/mol. The molecular formula is C11H9FN2O2. The standard InChI is InChI=1S/C11H9FN2O2/c12-10(6-15)5-8-1-3-9(4-2-8)11-13-7-14-16-11/h1-5,7,15H,6H2/b10-5+. The Morgan fingerprint density at radius 3 is 2.69 bits per heavy atom. The van der Waals surface area contributed by atoms with Crippen LogP contribution in [0.5, 0.6) is 0 Å². The van der Waals surface area contributed by atoms with Crippen molar-refractivity contribution in [3.8, 4) is 11.5 Å². The predicted octanol–water partition coefficient (Wildman–Crippen LogP) is 2.04. The largest absolute Gasteiger partial charge is 0.389 e. The van der Waals surface area contributed by atoms with Gasteiger partial charge in [0, 0.05) is 5.56 Å². The maximum absolute atomic E-state index is 12.8. The minimum atomic E-state index is -0.592. The number of rotatable bonds is 3. The van der Waals surface area contributed by atoms with Crippen LogP contribution < -0.4 is 0 Å². The molecule has 16 heavy (non-hydrogen) atoms. The van der Waals surface area contributed by atoms with Crippen LogP contribution >= 0.6 is 0 Å². The van der Waals surface area contributed by atoms with Crippen LogP contribution in [-0.4, -0.2) is 21.9 Å². The number of halogens is 1. The van der Waals surface area contributed by atoms with Gasteiger partial charge in [-0.15, -0.1) is 0 Å². The third kappa shape index (κ3) is 2.32. The van der Waals surface area contributed by atoms with Crippen LogP contribution in [0.4, 0.5) is 4.39 Å². The van der Waals surface area contributed by atoms with Gasteiger partial charge in [-0.05, 0) is 23.8 Å². The number of hydrogen-bond acceptors (Lipinski definition) is 4. The van der Waals surface area contributed by atoms with Crippen molar-refractivity contribution in [2.75, 3.05) is 6.61 Å². The van der Waals surface area contributed by atoms with Gasteiger partial charge >= 0.3 is 0 Å². The summed E-state index contributed by atoms with van der Waals surface area (Å²) in [6.07, 6.45) is 2.58. The molecular weight excluding hydrogens is 211 g/mol. The number of hydrogen-bond donors (Lipinski definition) is 1. The van der Waals surface area contributed by atoms with Gasteiger partial charge in [0.2, 0.25) is 0 Å². The minimum Gasteiger partial charge on any atom is -0.389 e. The third-order valence-corrected chi connectivity index (χ3v) is 1.99. The summed E-state index contributed by atoms with van der Waals surface area (Å²) in [5.41, 5.74) is 1.42. The molecule has 0 bridgehead atoms. The molecule has 2 rings (SSSR count). The van der Waals surface area contributed by atoms with Gasteiger partial charge in [-0.3, -0.25) is 0 Å². The number of aliphatic hydroxyl groups is 1. The van der Waals surface area contributed by atoms with Gasteiger partial charge in [-0.1, -0.05) is 17.3 Å². The van der Waals surface area contributed by atoms with Crippen molar-refractivity contribution < 1.29 is 14.0 Å². The molecule has 0 aliphatic carbocycles. The molecule has 0 spiro atoms. The molecule has 0 radical (unpaired) electrons. The molecule has 2 aromatic rings. The molecule has 0 atom stereocenters. The zero-order valence-corrected chi connectivity index (χ0v) is 8.30.